The van der Waals surface area contributed by atoms with Gasteiger partial charge in [0, 0.05) is 11.1 Å². The quantitative estimate of drug-likeness (QED) is 0.217. The van der Waals surface area contributed by atoms with Crippen molar-refractivity contribution in [2.45, 2.75) is 65.0 Å². The highest BCUT2D eigenvalue weighted by Crippen LogP contribution is 2.54. The van der Waals surface area contributed by atoms with E-state index in [4.69, 9.17) is 0 Å². The Kier molecular flexibility index (Phi) is 6.90. The molecule has 41 heavy (non-hydrogen) atoms. The topological polar surface area (TPSA) is 0 Å². The largest absolute Gasteiger partial charge is 0.140 e. The standard InChI is InChI=1S/C40H42Si/c1-27-25-28(2)38(30(27)4)41(33-15-10-8-11-16-33,34-17-12-9-13-18-34)39-29(3)26-37-35(19-14-20-36(37)39)31-21-23-32(24-22-31)40(5,6)7/h8-26,38-39H,1-7H3. The van der Waals surface area contributed by atoms with Crippen molar-refractivity contribution in [2.24, 2.45) is 0 Å². The van der Waals surface area contributed by atoms with Gasteiger partial charge < -0.3 is 0 Å². The predicted octanol–water partition coefficient (Wildman–Crippen LogP) is 9.62. The third-order valence-corrected chi connectivity index (χ3v) is 15.8. The molecular weight excluding hydrogens is 509 g/mol. The highest BCUT2D eigenvalue weighted by atomic mass is 28.3. The summed E-state index contributed by atoms with van der Waals surface area (Å²) in [5.74, 6) is 0. The van der Waals surface area contributed by atoms with Crippen molar-refractivity contribution in [3.8, 4) is 11.1 Å². The summed E-state index contributed by atoms with van der Waals surface area (Å²) in [5, 5.41) is 3.03. The third kappa shape index (κ3) is 4.42. The van der Waals surface area contributed by atoms with Gasteiger partial charge >= 0.3 is 0 Å². The molecule has 2 atom stereocenters. The Labute approximate surface area is 248 Å². The zero-order valence-electron chi connectivity index (χ0n) is 25.6. The van der Waals surface area contributed by atoms with Gasteiger partial charge in [0.2, 0.25) is 0 Å². The van der Waals surface area contributed by atoms with Crippen LogP contribution in [0.2, 0.25) is 5.54 Å². The molecule has 0 N–H and O–H groups in total. The summed E-state index contributed by atoms with van der Waals surface area (Å²) >= 11 is 0. The van der Waals surface area contributed by atoms with Crippen LogP contribution in [0.3, 0.4) is 0 Å². The van der Waals surface area contributed by atoms with E-state index < -0.39 is 8.07 Å². The summed E-state index contributed by atoms with van der Waals surface area (Å²) in [6.45, 7) is 16.3. The van der Waals surface area contributed by atoms with Gasteiger partial charge in [-0.2, -0.15) is 0 Å². The van der Waals surface area contributed by atoms with Crippen LogP contribution >= 0.6 is 0 Å². The third-order valence-electron chi connectivity index (χ3n) is 9.71. The van der Waals surface area contributed by atoms with E-state index in [2.05, 4.69) is 164 Å². The maximum atomic E-state index is 2.51. The maximum Gasteiger partial charge on any atom is 0.140 e. The average molecular weight is 551 g/mol. The summed E-state index contributed by atoms with van der Waals surface area (Å²) < 4.78 is 0. The Bertz CT molecular complexity index is 1640. The lowest BCUT2D eigenvalue weighted by atomic mass is 9.86. The van der Waals surface area contributed by atoms with Crippen molar-refractivity contribution in [1.29, 1.82) is 0 Å². The molecule has 0 radical (unpaired) electrons. The first-order valence-corrected chi connectivity index (χ1v) is 17.2. The van der Waals surface area contributed by atoms with E-state index in [0.29, 0.717) is 11.1 Å². The minimum Gasteiger partial charge on any atom is -0.0679 e. The van der Waals surface area contributed by atoms with E-state index in [1.807, 2.05) is 0 Å². The van der Waals surface area contributed by atoms with Gasteiger partial charge in [0.05, 0.1) is 0 Å². The highest BCUT2D eigenvalue weighted by Gasteiger charge is 2.55. The van der Waals surface area contributed by atoms with Gasteiger partial charge in [-0.15, -0.1) is 0 Å². The molecule has 4 aromatic rings. The van der Waals surface area contributed by atoms with Crippen LogP contribution in [-0.2, 0) is 5.41 Å². The normalized spacial score (nSPS) is 18.8. The van der Waals surface area contributed by atoms with Crippen molar-refractivity contribution < 1.29 is 0 Å². The Hall–Kier alpha value is -3.68. The maximum absolute atomic E-state index is 2.52. The van der Waals surface area contributed by atoms with E-state index in [1.54, 1.807) is 0 Å². The van der Waals surface area contributed by atoms with E-state index in [0.717, 1.165) is 0 Å². The molecule has 1 heteroatoms. The highest BCUT2D eigenvalue weighted by molar-refractivity contribution is 7.05. The number of hydrogen-bond acceptors (Lipinski definition) is 0. The van der Waals surface area contributed by atoms with Gasteiger partial charge in [-0.1, -0.05) is 169 Å². The molecule has 0 aliphatic heterocycles. The molecule has 2 aliphatic carbocycles. The lowest BCUT2D eigenvalue weighted by Gasteiger charge is -2.46. The van der Waals surface area contributed by atoms with Crippen molar-refractivity contribution >= 4 is 24.5 Å². The summed E-state index contributed by atoms with van der Waals surface area (Å²) in [5.41, 5.74) is 13.8. The smallest absolute Gasteiger partial charge is 0.0679 e. The van der Waals surface area contributed by atoms with Crippen molar-refractivity contribution in [2.75, 3.05) is 0 Å². The van der Waals surface area contributed by atoms with Gasteiger partial charge in [-0.3, -0.25) is 0 Å². The molecule has 4 aromatic carbocycles. The first kappa shape index (κ1) is 27.5. The number of allylic oxidation sites excluding steroid dienone is 5. The summed E-state index contributed by atoms with van der Waals surface area (Å²) in [4.78, 5) is 0. The molecule has 6 rings (SSSR count). The van der Waals surface area contributed by atoms with Crippen LogP contribution < -0.4 is 10.4 Å². The molecule has 0 saturated heterocycles. The van der Waals surface area contributed by atoms with E-state index in [-0.39, 0.29) is 5.41 Å². The Balaban J connectivity index is 1.63. The second kappa shape index (κ2) is 10.3. The zero-order chi connectivity index (χ0) is 28.9. The summed E-state index contributed by atoms with van der Waals surface area (Å²) in [6.07, 6.45) is 4.97. The van der Waals surface area contributed by atoms with Crippen molar-refractivity contribution in [3.63, 3.8) is 0 Å². The molecule has 206 valence electrons. The monoisotopic (exact) mass is 550 g/mol. The molecule has 0 fully saturated rings. The molecule has 0 spiro atoms. The minimum atomic E-state index is -2.52. The molecule has 2 aliphatic rings. The molecule has 0 aromatic heterocycles. The van der Waals surface area contributed by atoms with Crippen LogP contribution in [0.5, 0.6) is 0 Å². The SMILES string of the molecule is CC1=CC(C)=C(C)C1[Si](c1ccccc1)(c1ccccc1)C1C(C)=Cc2c(-c3ccc(C(C)(C)C)cc3)cccc21. The molecule has 2 unspecified atom stereocenters. The Morgan fingerprint density at radius 1 is 0.561 bits per heavy atom. The van der Waals surface area contributed by atoms with Crippen molar-refractivity contribution in [3.05, 3.63) is 148 Å². The number of rotatable bonds is 5. The second-order valence-electron chi connectivity index (χ2n) is 13.2. The van der Waals surface area contributed by atoms with Gasteiger partial charge in [0.25, 0.3) is 0 Å². The van der Waals surface area contributed by atoms with Gasteiger partial charge in [0.15, 0.2) is 0 Å². The summed E-state index contributed by atoms with van der Waals surface area (Å²) in [7, 11) is -2.52. The predicted molar refractivity (Wildman–Crippen MR) is 181 cm³/mol. The minimum absolute atomic E-state index is 0.144. The lowest BCUT2D eigenvalue weighted by Crippen LogP contribution is -2.66. The molecule has 0 amide bonds. The van der Waals surface area contributed by atoms with Crippen LogP contribution in [0.25, 0.3) is 17.2 Å². The molecule has 0 nitrogen and oxygen atoms in total. The first-order valence-electron chi connectivity index (χ1n) is 15.0. The fourth-order valence-corrected chi connectivity index (χ4v) is 14.5. The average Bonchev–Trinajstić information content (AvgIpc) is 3.44. The van der Waals surface area contributed by atoms with Gasteiger partial charge in [0.1, 0.15) is 8.07 Å². The van der Waals surface area contributed by atoms with E-state index >= 15 is 0 Å². The van der Waals surface area contributed by atoms with Crippen LogP contribution in [0.15, 0.2) is 131 Å². The Morgan fingerprint density at radius 3 is 1.63 bits per heavy atom. The summed E-state index contributed by atoms with van der Waals surface area (Å²) in [6, 6.07) is 39.4. The van der Waals surface area contributed by atoms with E-state index in [1.165, 1.54) is 60.5 Å². The van der Waals surface area contributed by atoms with Crippen LogP contribution in [0.1, 0.15) is 70.7 Å². The van der Waals surface area contributed by atoms with Crippen molar-refractivity contribution in [1.82, 2.24) is 0 Å². The zero-order valence-corrected chi connectivity index (χ0v) is 26.6. The first-order chi connectivity index (χ1) is 19.6. The van der Waals surface area contributed by atoms with Gasteiger partial charge in [-0.05, 0) is 60.9 Å². The second-order valence-corrected chi connectivity index (χ2v) is 17.3. The fourth-order valence-electron chi connectivity index (χ4n) is 7.79. The van der Waals surface area contributed by atoms with Crippen LogP contribution in [0.4, 0.5) is 0 Å². The molecule has 0 heterocycles. The molecule has 0 bridgehead atoms. The lowest BCUT2D eigenvalue weighted by molar-refractivity contribution is 0.590. The number of fused-ring (bicyclic) bond motifs is 1. The molecule has 0 saturated carbocycles. The number of benzene rings is 4. The van der Waals surface area contributed by atoms with Crippen LogP contribution in [-0.4, -0.2) is 8.07 Å². The van der Waals surface area contributed by atoms with Crippen LogP contribution in [0, 0.1) is 0 Å². The Morgan fingerprint density at radius 2 is 1.12 bits per heavy atom. The fraction of sp³-hybridized carbons (Fsp3) is 0.250. The number of hydrogen-bond donors (Lipinski definition) is 0. The van der Waals surface area contributed by atoms with E-state index in [9.17, 15) is 0 Å². The molecular formula is C40H42Si. The van der Waals surface area contributed by atoms with Gasteiger partial charge in [-0.25, -0.2) is 0 Å².